The maximum atomic E-state index is 13.6. The smallest absolute Gasteiger partial charge is 0.193 e. The third kappa shape index (κ3) is 2.95. The number of Topliss-reactive ketones (excluding diaryl/α,β-unsaturated/α-hetero) is 1. The number of ketones is 1. The summed E-state index contributed by atoms with van der Waals surface area (Å²) >= 11 is 0. The Hall–Kier alpha value is -2.90. The van der Waals surface area contributed by atoms with Gasteiger partial charge < -0.3 is 4.90 Å². The van der Waals surface area contributed by atoms with E-state index >= 15 is 0 Å². The average molecular weight is 426 g/mol. The Morgan fingerprint density at radius 2 is 1.75 bits per heavy atom. The van der Waals surface area contributed by atoms with Crippen LogP contribution in [0.4, 0.5) is 5.69 Å². The van der Waals surface area contributed by atoms with Crippen LogP contribution >= 0.6 is 0 Å². The van der Waals surface area contributed by atoms with Crippen LogP contribution in [0.2, 0.25) is 0 Å². The molecular weight excluding hydrogens is 394 g/mol. The van der Waals surface area contributed by atoms with E-state index in [-0.39, 0.29) is 11.2 Å². The molecule has 1 saturated heterocycles. The van der Waals surface area contributed by atoms with E-state index in [4.69, 9.17) is 0 Å². The molecule has 0 aromatic heterocycles. The fraction of sp³-hybridized carbons (Fsp3) is 0.429. The fourth-order valence-electron chi connectivity index (χ4n) is 6.22. The molecule has 1 fully saturated rings. The molecular formula is C28H31N3O. The van der Waals surface area contributed by atoms with E-state index in [2.05, 4.69) is 62.6 Å². The van der Waals surface area contributed by atoms with Crippen molar-refractivity contribution in [2.24, 2.45) is 0 Å². The molecule has 0 amide bonds. The number of fused-ring (bicyclic) bond motifs is 3. The summed E-state index contributed by atoms with van der Waals surface area (Å²) in [5, 5.41) is 9.31. The summed E-state index contributed by atoms with van der Waals surface area (Å²) in [6.07, 6.45) is 0.742. The Kier molecular flexibility index (Phi) is 4.80. The molecule has 32 heavy (non-hydrogen) atoms. The lowest BCUT2D eigenvalue weighted by atomic mass is 9.68. The number of hydrogen-bond acceptors (Lipinski definition) is 4. The predicted molar refractivity (Wildman–Crippen MR) is 129 cm³/mol. The van der Waals surface area contributed by atoms with E-state index in [9.17, 15) is 10.1 Å². The van der Waals surface area contributed by atoms with Crippen molar-refractivity contribution in [2.75, 3.05) is 24.5 Å². The number of likely N-dealkylation sites (N-methyl/N-ethyl adjacent to an activating group) is 1. The second-order valence-electron chi connectivity index (χ2n) is 10.1. The van der Waals surface area contributed by atoms with Gasteiger partial charge in [0.15, 0.2) is 5.78 Å². The van der Waals surface area contributed by atoms with Crippen LogP contribution in [0.15, 0.2) is 42.0 Å². The third-order valence-corrected chi connectivity index (χ3v) is 7.91. The second-order valence-corrected chi connectivity index (χ2v) is 10.1. The van der Waals surface area contributed by atoms with Gasteiger partial charge >= 0.3 is 0 Å². The van der Waals surface area contributed by atoms with Gasteiger partial charge in [-0.05, 0) is 79.4 Å². The molecule has 0 N–H and O–H groups in total. The molecule has 0 unspecified atom stereocenters. The van der Waals surface area contributed by atoms with E-state index in [0.717, 1.165) is 53.9 Å². The van der Waals surface area contributed by atoms with Crippen LogP contribution in [0, 0.1) is 11.3 Å². The van der Waals surface area contributed by atoms with Crippen molar-refractivity contribution in [1.29, 1.82) is 5.26 Å². The average Bonchev–Trinajstić information content (AvgIpc) is 3.17. The van der Waals surface area contributed by atoms with Gasteiger partial charge in [0.25, 0.3) is 0 Å². The van der Waals surface area contributed by atoms with Crippen molar-refractivity contribution in [1.82, 2.24) is 4.90 Å². The summed E-state index contributed by atoms with van der Waals surface area (Å²) in [5.74, 6) is 0.127. The maximum absolute atomic E-state index is 13.6. The summed E-state index contributed by atoms with van der Waals surface area (Å²) < 4.78 is 0. The summed E-state index contributed by atoms with van der Waals surface area (Å²) in [4.78, 5) is 18.7. The van der Waals surface area contributed by atoms with Gasteiger partial charge in [-0.1, -0.05) is 26.8 Å². The lowest BCUT2D eigenvalue weighted by Gasteiger charge is -2.45. The molecule has 1 heterocycles. The molecule has 4 heteroatoms. The van der Waals surface area contributed by atoms with Crippen LogP contribution in [0.3, 0.4) is 0 Å². The monoisotopic (exact) mass is 425 g/mol. The minimum atomic E-state index is -0.233. The molecule has 2 atom stereocenters. The number of carbonyl (C=O) groups excluding carboxylic acids is 1. The van der Waals surface area contributed by atoms with Gasteiger partial charge in [-0.2, -0.15) is 5.26 Å². The highest BCUT2D eigenvalue weighted by Crippen LogP contribution is 2.50. The van der Waals surface area contributed by atoms with Crippen molar-refractivity contribution in [2.45, 2.75) is 58.5 Å². The molecule has 2 aliphatic carbocycles. The predicted octanol–water partition coefficient (Wildman–Crippen LogP) is 4.96. The van der Waals surface area contributed by atoms with Gasteiger partial charge in [-0.15, -0.1) is 0 Å². The lowest BCUT2D eigenvalue weighted by Crippen LogP contribution is -2.56. The zero-order chi connectivity index (χ0) is 22.8. The van der Waals surface area contributed by atoms with Gasteiger partial charge in [-0.3, -0.25) is 9.69 Å². The van der Waals surface area contributed by atoms with Crippen LogP contribution in [-0.4, -0.2) is 42.4 Å². The number of rotatable bonds is 2. The first-order chi connectivity index (χ1) is 15.3. The van der Waals surface area contributed by atoms with Crippen LogP contribution in [-0.2, 0) is 11.8 Å². The number of nitriles is 1. The molecule has 2 aromatic carbocycles. The number of anilines is 1. The lowest BCUT2D eigenvalue weighted by molar-refractivity contribution is 0.105. The van der Waals surface area contributed by atoms with Gasteiger partial charge in [0.05, 0.1) is 11.6 Å². The van der Waals surface area contributed by atoms with E-state index in [1.165, 1.54) is 11.3 Å². The highest BCUT2D eigenvalue weighted by molar-refractivity contribution is 6.33. The number of hydrogen-bond donors (Lipinski definition) is 0. The Labute approximate surface area is 191 Å². The standard InChI is InChI=1S/C28H31N3O/c1-6-31-17(2)15-30(16-18(31)3)21-8-10-23-24(13-21)28(4,5)25-12-20-11-19(14-29)7-9-22(20)26(25)27(23)32/h7-11,13,17-18H,6,12,15-16H2,1-5H3/t17-,18+. The molecule has 0 radical (unpaired) electrons. The molecule has 1 aliphatic heterocycles. The number of piperazine rings is 1. The molecule has 2 aromatic rings. The normalized spacial score (nSPS) is 24.1. The van der Waals surface area contributed by atoms with Gasteiger partial charge in [-0.25, -0.2) is 0 Å². The zero-order valence-corrected chi connectivity index (χ0v) is 19.7. The Balaban J connectivity index is 1.54. The van der Waals surface area contributed by atoms with Gasteiger partial charge in [0.1, 0.15) is 0 Å². The summed E-state index contributed by atoms with van der Waals surface area (Å²) in [5.41, 5.74) is 7.74. The van der Waals surface area contributed by atoms with Crippen LogP contribution < -0.4 is 4.90 Å². The third-order valence-electron chi connectivity index (χ3n) is 7.91. The first-order valence-corrected chi connectivity index (χ1v) is 11.7. The highest BCUT2D eigenvalue weighted by atomic mass is 16.1. The minimum absolute atomic E-state index is 0.127. The molecule has 3 aliphatic rings. The number of carbonyl (C=O) groups is 1. The number of nitrogens with zero attached hydrogens (tertiary/aromatic N) is 3. The SMILES string of the molecule is CCN1[C@H](C)CN(c2ccc3c(c2)C(C)(C)C2=C(C3=O)c3ccc(C#N)cc3C2)C[C@@H]1C. The first-order valence-electron chi connectivity index (χ1n) is 11.7. The van der Waals surface area contributed by atoms with Crippen molar-refractivity contribution >= 4 is 17.0 Å². The van der Waals surface area contributed by atoms with E-state index in [0.29, 0.717) is 17.6 Å². The molecule has 0 saturated carbocycles. The number of allylic oxidation sites excluding steroid dienone is 2. The summed E-state index contributed by atoms with van der Waals surface area (Å²) in [7, 11) is 0. The van der Waals surface area contributed by atoms with Crippen molar-refractivity contribution in [3.05, 3.63) is 69.8 Å². The first kappa shape index (κ1) is 21.0. The van der Waals surface area contributed by atoms with Crippen molar-refractivity contribution in [3.8, 4) is 6.07 Å². The molecule has 0 spiro atoms. The highest BCUT2D eigenvalue weighted by Gasteiger charge is 2.43. The van der Waals surface area contributed by atoms with Crippen molar-refractivity contribution in [3.63, 3.8) is 0 Å². The maximum Gasteiger partial charge on any atom is 0.193 e. The molecule has 0 bridgehead atoms. The van der Waals surface area contributed by atoms with Gasteiger partial charge in [0.2, 0.25) is 0 Å². The van der Waals surface area contributed by atoms with Crippen LogP contribution in [0.25, 0.3) is 5.57 Å². The Morgan fingerprint density at radius 1 is 1.06 bits per heavy atom. The Morgan fingerprint density at radius 3 is 2.41 bits per heavy atom. The van der Waals surface area contributed by atoms with E-state index < -0.39 is 0 Å². The summed E-state index contributed by atoms with van der Waals surface area (Å²) in [6, 6.07) is 15.4. The molecule has 164 valence electrons. The minimum Gasteiger partial charge on any atom is -0.368 e. The van der Waals surface area contributed by atoms with Gasteiger partial charge in [0, 0.05) is 47.4 Å². The topological polar surface area (TPSA) is 47.3 Å². The number of benzene rings is 2. The van der Waals surface area contributed by atoms with Crippen molar-refractivity contribution < 1.29 is 4.79 Å². The zero-order valence-electron chi connectivity index (χ0n) is 19.7. The Bertz CT molecular complexity index is 1190. The largest absolute Gasteiger partial charge is 0.368 e. The summed E-state index contributed by atoms with van der Waals surface area (Å²) in [6.45, 7) is 14.4. The van der Waals surface area contributed by atoms with E-state index in [1.54, 1.807) is 0 Å². The van der Waals surface area contributed by atoms with E-state index in [1.807, 2.05) is 24.3 Å². The quantitative estimate of drug-likeness (QED) is 0.682. The molecule has 4 nitrogen and oxygen atoms in total. The fourth-order valence-corrected chi connectivity index (χ4v) is 6.22. The van der Waals surface area contributed by atoms with Crippen LogP contribution in [0.5, 0.6) is 0 Å². The molecule has 5 rings (SSSR count). The van der Waals surface area contributed by atoms with Crippen LogP contribution in [0.1, 0.15) is 67.2 Å². The second kappa shape index (κ2) is 7.32.